The number of thiazole rings is 1. The molecule has 16 heavy (non-hydrogen) atoms. The first-order valence-corrected chi connectivity index (χ1v) is 6.56. The minimum absolute atomic E-state index is 0.783. The zero-order valence-electron chi connectivity index (χ0n) is 8.61. The molecular formula is C11H12BrN3S. The molecule has 0 amide bonds. The van der Waals surface area contributed by atoms with Crippen LogP contribution < -0.4 is 11.1 Å². The lowest BCUT2D eigenvalue weighted by Crippen LogP contribution is -2.13. The van der Waals surface area contributed by atoms with E-state index in [0.717, 1.165) is 33.8 Å². The molecule has 84 valence electrons. The fourth-order valence-corrected chi connectivity index (χ4v) is 2.35. The Morgan fingerprint density at radius 3 is 3.00 bits per heavy atom. The van der Waals surface area contributed by atoms with Crippen LogP contribution in [0.25, 0.3) is 0 Å². The molecule has 1 aromatic heterocycles. The van der Waals surface area contributed by atoms with Gasteiger partial charge in [-0.3, -0.25) is 0 Å². The maximum absolute atomic E-state index is 5.73. The molecule has 2 rings (SSSR count). The number of nitrogen functional groups attached to an aromatic ring is 1. The molecule has 1 heterocycles. The van der Waals surface area contributed by atoms with Crippen molar-refractivity contribution >= 4 is 33.0 Å². The van der Waals surface area contributed by atoms with Crippen LogP contribution in [0.5, 0.6) is 0 Å². The largest absolute Gasteiger partial charge is 0.399 e. The first-order chi connectivity index (χ1) is 7.75. The van der Waals surface area contributed by atoms with Crippen LogP contribution in [0.15, 0.2) is 34.2 Å². The van der Waals surface area contributed by atoms with Gasteiger partial charge in [0, 0.05) is 34.8 Å². The van der Waals surface area contributed by atoms with Crippen LogP contribution in [-0.4, -0.2) is 4.98 Å². The Balaban J connectivity index is 1.92. The summed E-state index contributed by atoms with van der Waals surface area (Å²) < 4.78 is 1.08. The van der Waals surface area contributed by atoms with E-state index in [2.05, 4.69) is 26.2 Å². The topological polar surface area (TPSA) is 50.9 Å². The minimum atomic E-state index is 0.783. The molecule has 0 aliphatic heterocycles. The zero-order valence-corrected chi connectivity index (χ0v) is 11.0. The first kappa shape index (κ1) is 11.6. The van der Waals surface area contributed by atoms with Crippen molar-refractivity contribution in [2.75, 3.05) is 5.73 Å². The number of aromatic nitrogens is 1. The van der Waals surface area contributed by atoms with E-state index in [1.54, 1.807) is 11.3 Å². The van der Waals surface area contributed by atoms with Crippen molar-refractivity contribution in [2.24, 2.45) is 0 Å². The highest BCUT2D eigenvalue weighted by Gasteiger charge is 2.01. The summed E-state index contributed by atoms with van der Waals surface area (Å²) in [6, 6.07) is 5.82. The molecule has 0 atom stereocenters. The summed E-state index contributed by atoms with van der Waals surface area (Å²) in [7, 11) is 0. The van der Waals surface area contributed by atoms with Crippen molar-refractivity contribution in [3.8, 4) is 0 Å². The standard InChI is InChI=1S/C11H12BrN3S/c12-10-2-1-9(13)5-8(10)6-14-7-11-15-3-4-16-11/h1-5,14H,6-7,13H2. The second-order valence-corrected chi connectivity index (χ2v) is 5.21. The van der Waals surface area contributed by atoms with Crippen LogP contribution in [0.2, 0.25) is 0 Å². The van der Waals surface area contributed by atoms with Crippen molar-refractivity contribution < 1.29 is 0 Å². The van der Waals surface area contributed by atoms with Gasteiger partial charge in [-0.25, -0.2) is 4.98 Å². The van der Waals surface area contributed by atoms with Crippen LogP contribution in [-0.2, 0) is 13.1 Å². The molecule has 0 saturated heterocycles. The molecule has 0 aliphatic carbocycles. The summed E-state index contributed by atoms with van der Waals surface area (Å²) in [5, 5.41) is 6.41. The molecule has 2 aromatic rings. The number of nitrogens with zero attached hydrogens (tertiary/aromatic N) is 1. The third-order valence-corrected chi connectivity index (χ3v) is 3.70. The van der Waals surface area contributed by atoms with Crippen molar-refractivity contribution in [1.29, 1.82) is 0 Å². The fraction of sp³-hybridized carbons (Fsp3) is 0.182. The maximum atomic E-state index is 5.73. The number of anilines is 1. The van der Waals surface area contributed by atoms with Crippen LogP contribution in [0.4, 0.5) is 5.69 Å². The van der Waals surface area contributed by atoms with Crippen LogP contribution in [0.1, 0.15) is 10.6 Å². The van der Waals surface area contributed by atoms with E-state index in [0.29, 0.717) is 0 Å². The number of nitrogens with two attached hydrogens (primary N) is 1. The zero-order chi connectivity index (χ0) is 11.4. The molecule has 0 saturated carbocycles. The summed E-state index contributed by atoms with van der Waals surface area (Å²) in [4.78, 5) is 4.21. The normalized spacial score (nSPS) is 10.6. The number of hydrogen-bond acceptors (Lipinski definition) is 4. The van der Waals surface area contributed by atoms with E-state index in [1.165, 1.54) is 0 Å². The lowest BCUT2D eigenvalue weighted by atomic mass is 10.2. The summed E-state index contributed by atoms with van der Waals surface area (Å²) in [5.74, 6) is 0. The third kappa shape index (κ3) is 3.04. The molecule has 0 aliphatic rings. The number of hydrogen-bond donors (Lipinski definition) is 2. The summed E-state index contributed by atoms with van der Waals surface area (Å²) >= 11 is 5.16. The van der Waals surface area contributed by atoms with E-state index in [-0.39, 0.29) is 0 Å². The fourth-order valence-electron chi connectivity index (χ4n) is 1.37. The first-order valence-electron chi connectivity index (χ1n) is 4.88. The van der Waals surface area contributed by atoms with Gasteiger partial charge in [-0.05, 0) is 23.8 Å². The number of benzene rings is 1. The highest BCUT2D eigenvalue weighted by atomic mass is 79.9. The highest BCUT2D eigenvalue weighted by molar-refractivity contribution is 9.10. The molecule has 0 unspecified atom stereocenters. The van der Waals surface area contributed by atoms with Crippen LogP contribution >= 0.6 is 27.3 Å². The average Bonchev–Trinajstić information content (AvgIpc) is 2.76. The second-order valence-electron chi connectivity index (χ2n) is 3.38. The third-order valence-electron chi connectivity index (χ3n) is 2.14. The Morgan fingerprint density at radius 1 is 1.38 bits per heavy atom. The van der Waals surface area contributed by atoms with Gasteiger partial charge in [-0.15, -0.1) is 11.3 Å². The van der Waals surface area contributed by atoms with E-state index >= 15 is 0 Å². The SMILES string of the molecule is Nc1ccc(Br)c(CNCc2nccs2)c1. The number of rotatable bonds is 4. The summed E-state index contributed by atoms with van der Waals surface area (Å²) in [6.07, 6.45) is 1.82. The number of nitrogens with one attached hydrogen (secondary N) is 1. The van der Waals surface area contributed by atoms with Gasteiger partial charge in [-0.2, -0.15) is 0 Å². The maximum Gasteiger partial charge on any atom is 0.106 e. The van der Waals surface area contributed by atoms with E-state index < -0.39 is 0 Å². The smallest absolute Gasteiger partial charge is 0.106 e. The van der Waals surface area contributed by atoms with E-state index in [4.69, 9.17) is 5.73 Å². The van der Waals surface area contributed by atoms with Gasteiger partial charge in [0.15, 0.2) is 0 Å². The minimum Gasteiger partial charge on any atom is -0.399 e. The lowest BCUT2D eigenvalue weighted by molar-refractivity contribution is 0.688. The van der Waals surface area contributed by atoms with Crippen molar-refractivity contribution in [2.45, 2.75) is 13.1 Å². The van der Waals surface area contributed by atoms with Crippen molar-refractivity contribution in [3.63, 3.8) is 0 Å². The molecule has 1 aromatic carbocycles. The van der Waals surface area contributed by atoms with Gasteiger partial charge in [-0.1, -0.05) is 15.9 Å². The van der Waals surface area contributed by atoms with Gasteiger partial charge in [0.25, 0.3) is 0 Å². The van der Waals surface area contributed by atoms with Crippen molar-refractivity contribution in [3.05, 3.63) is 44.8 Å². The van der Waals surface area contributed by atoms with Gasteiger partial charge in [0.2, 0.25) is 0 Å². The monoisotopic (exact) mass is 297 g/mol. The quantitative estimate of drug-likeness (QED) is 0.853. The van der Waals surface area contributed by atoms with Crippen LogP contribution in [0.3, 0.4) is 0 Å². The highest BCUT2D eigenvalue weighted by Crippen LogP contribution is 2.19. The summed E-state index contributed by atoms with van der Waals surface area (Å²) in [5.41, 5.74) is 7.68. The Bertz CT molecular complexity index is 456. The van der Waals surface area contributed by atoms with Gasteiger partial charge >= 0.3 is 0 Å². The van der Waals surface area contributed by atoms with E-state index in [9.17, 15) is 0 Å². The molecule has 5 heteroatoms. The predicted octanol–water partition coefficient (Wildman–Crippen LogP) is 2.78. The predicted molar refractivity (Wildman–Crippen MR) is 71.2 cm³/mol. The molecule has 0 fully saturated rings. The molecular weight excluding hydrogens is 286 g/mol. The summed E-state index contributed by atoms with van der Waals surface area (Å²) in [6.45, 7) is 1.57. The van der Waals surface area contributed by atoms with Gasteiger partial charge in [0.1, 0.15) is 5.01 Å². The average molecular weight is 298 g/mol. The van der Waals surface area contributed by atoms with Crippen molar-refractivity contribution in [1.82, 2.24) is 10.3 Å². The molecule has 3 nitrogen and oxygen atoms in total. The molecule has 0 spiro atoms. The Kier molecular flexibility index (Phi) is 3.93. The molecule has 0 bridgehead atoms. The van der Waals surface area contributed by atoms with Gasteiger partial charge in [0.05, 0.1) is 0 Å². The molecule has 3 N–H and O–H groups in total. The Hall–Kier alpha value is -0.910. The van der Waals surface area contributed by atoms with Gasteiger partial charge < -0.3 is 11.1 Å². The second kappa shape index (κ2) is 5.43. The Morgan fingerprint density at radius 2 is 2.25 bits per heavy atom. The van der Waals surface area contributed by atoms with E-state index in [1.807, 2.05) is 29.8 Å². The molecule has 0 radical (unpaired) electrons. The Labute approximate surface area is 107 Å². The number of halogens is 1. The van der Waals surface area contributed by atoms with Crippen LogP contribution in [0, 0.1) is 0 Å². The lowest BCUT2D eigenvalue weighted by Gasteiger charge is -2.06.